The van der Waals surface area contributed by atoms with Crippen LogP contribution in [-0.4, -0.2) is 50.2 Å². The molecule has 1 N–H and O–H groups in total. The van der Waals surface area contributed by atoms with Crippen molar-refractivity contribution in [2.45, 2.75) is 19.3 Å². The van der Waals surface area contributed by atoms with Crippen LogP contribution >= 0.6 is 0 Å². The zero-order valence-electron chi connectivity index (χ0n) is 16.9. The molecule has 2 aliphatic rings. The zero-order chi connectivity index (χ0) is 20.9. The number of carbonyl (C=O) groups is 1. The van der Waals surface area contributed by atoms with Crippen molar-refractivity contribution in [2.75, 3.05) is 54.5 Å². The number of morpholine rings is 1. The molecule has 4 rings (SSSR count). The number of hydrogen-bond acceptors (Lipinski definition) is 6. The van der Waals surface area contributed by atoms with E-state index in [0.717, 1.165) is 56.8 Å². The molecule has 158 valence electrons. The molecule has 8 heteroatoms. The number of nitro benzene ring substituents is 1. The third kappa shape index (κ3) is 4.38. The second kappa shape index (κ2) is 9.13. The average Bonchev–Trinajstić information content (AvgIpc) is 2.80. The predicted octanol–water partition coefficient (Wildman–Crippen LogP) is 3.67. The molecule has 0 bridgehead atoms. The fraction of sp³-hybridized carbons (Fsp3) is 0.409. The zero-order valence-corrected chi connectivity index (χ0v) is 16.9. The maximum absolute atomic E-state index is 13.3. The molecule has 0 aromatic heterocycles. The third-order valence-corrected chi connectivity index (χ3v) is 5.64. The fourth-order valence-electron chi connectivity index (χ4n) is 4.08. The number of benzene rings is 2. The maximum Gasteiger partial charge on any atom is 0.270 e. The number of non-ortho nitro benzene ring substituents is 1. The molecule has 2 aliphatic heterocycles. The summed E-state index contributed by atoms with van der Waals surface area (Å²) in [7, 11) is 0. The Hall–Kier alpha value is -3.13. The number of para-hydroxylation sites is 2. The largest absolute Gasteiger partial charge is 0.378 e. The minimum atomic E-state index is -0.460. The van der Waals surface area contributed by atoms with E-state index in [1.165, 1.54) is 12.1 Å². The molecule has 0 radical (unpaired) electrons. The Balaban J connectivity index is 1.64. The van der Waals surface area contributed by atoms with Crippen molar-refractivity contribution in [3.05, 3.63) is 58.1 Å². The Labute approximate surface area is 175 Å². The van der Waals surface area contributed by atoms with Crippen LogP contribution in [0.1, 0.15) is 29.6 Å². The first-order valence-corrected chi connectivity index (χ1v) is 10.4. The number of hydrogen-bond donors (Lipinski definition) is 1. The molecule has 0 saturated carbocycles. The van der Waals surface area contributed by atoms with E-state index in [1.54, 1.807) is 6.07 Å². The van der Waals surface area contributed by atoms with Gasteiger partial charge in [-0.1, -0.05) is 12.1 Å². The number of nitrogens with one attached hydrogen (secondary N) is 1. The predicted molar refractivity (Wildman–Crippen MR) is 117 cm³/mol. The van der Waals surface area contributed by atoms with Crippen LogP contribution in [0.3, 0.4) is 0 Å². The molecule has 1 amide bonds. The van der Waals surface area contributed by atoms with Crippen molar-refractivity contribution >= 4 is 28.7 Å². The van der Waals surface area contributed by atoms with Gasteiger partial charge in [0.25, 0.3) is 11.6 Å². The smallest absolute Gasteiger partial charge is 0.270 e. The van der Waals surface area contributed by atoms with E-state index in [9.17, 15) is 14.9 Å². The van der Waals surface area contributed by atoms with Gasteiger partial charge in [0, 0.05) is 38.3 Å². The van der Waals surface area contributed by atoms with Gasteiger partial charge >= 0.3 is 0 Å². The number of nitro groups is 1. The van der Waals surface area contributed by atoms with Gasteiger partial charge in [0.15, 0.2) is 0 Å². The van der Waals surface area contributed by atoms with Gasteiger partial charge in [-0.25, -0.2) is 0 Å². The first-order valence-electron chi connectivity index (χ1n) is 10.4. The lowest BCUT2D eigenvalue weighted by atomic mass is 10.1. The standard InChI is InChI=1S/C22H26N4O4/c27-22(23-19-6-2-3-7-21(19)25-12-14-30-15-13-25)18-16-17(26(28)29)8-9-20(18)24-10-4-1-5-11-24/h2-3,6-9,16H,1,4-5,10-15H2,(H,23,27). The van der Waals surface area contributed by atoms with E-state index in [-0.39, 0.29) is 11.6 Å². The van der Waals surface area contributed by atoms with Gasteiger partial charge in [-0.05, 0) is 37.5 Å². The van der Waals surface area contributed by atoms with Crippen molar-refractivity contribution in [3.63, 3.8) is 0 Å². The number of amides is 1. The highest BCUT2D eigenvalue weighted by atomic mass is 16.6. The van der Waals surface area contributed by atoms with Gasteiger partial charge in [0.1, 0.15) is 0 Å². The highest BCUT2D eigenvalue weighted by Gasteiger charge is 2.23. The number of rotatable bonds is 5. The van der Waals surface area contributed by atoms with Gasteiger partial charge in [0.05, 0.1) is 40.8 Å². The summed E-state index contributed by atoms with van der Waals surface area (Å²) in [6, 6.07) is 12.2. The van der Waals surface area contributed by atoms with Gasteiger partial charge in [0.2, 0.25) is 0 Å². The molecule has 2 aromatic carbocycles. The van der Waals surface area contributed by atoms with Crippen LogP contribution in [0.5, 0.6) is 0 Å². The number of piperidine rings is 1. The maximum atomic E-state index is 13.3. The summed E-state index contributed by atoms with van der Waals surface area (Å²) >= 11 is 0. The average molecular weight is 410 g/mol. The summed E-state index contributed by atoms with van der Waals surface area (Å²) in [4.78, 5) is 28.5. The van der Waals surface area contributed by atoms with Crippen molar-refractivity contribution in [1.29, 1.82) is 0 Å². The van der Waals surface area contributed by atoms with Crippen molar-refractivity contribution in [1.82, 2.24) is 0 Å². The van der Waals surface area contributed by atoms with Gasteiger partial charge in [-0.2, -0.15) is 0 Å². The van der Waals surface area contributed by atoms with Crippen molar-refractivity contribution in [3.8, 4) is 0 Å². The molecule has 0 unspecified atom stereocenters. The Morgan fingerprint density at radius 1 is 0.933 bits per heavy atom. The fourth-order valence-corrected chi connectivity index (χ4v) is 4.08. The number of nitrogens with zero attached hydrogens (tertiary/aromatic N) is 3. The summed E-state index contributed by atoms with van der Waals surface area (Å²) in [5, 5.41) is 14.3. The Morgan fingerprint density at radius 3 is 2.37 bits per heavy atom. The van der Waals surface area contributed by atoms with E-state index in [2.05, 4.69) is 15.1 Å². The molecule has 0 spiro atoms. The van der Waals surface area contributed by atoms with Crippen molar-refractivity contribution in [2.24, 2.45) is 0 Å². The Bertz CT molecular complexity index is 921. The molecular weight excluding hydrogens is 384 g/mol. The highest BCUT2D eigenvalue weighted by Crippen LogP contribution is 2.31. The molecule has 2 aromatic rings. The second-order valence-electron chi connectivity index (χ2n) is 7.58. The quantitative estimate of drug-likeness (QED) is 0.598. The van der Waals surface area contributed by atoms with Gasteiger partial charge < -0.3 is 19.9 Å². The van der Waals surface area contributed by atoms with Crippen LogP contribution in [-0.2, 0) is 4.74 Å². The molecular formula is C22H26N4O4. The van der Waals surface area contributed by atoms with Crippen LogP contribution in [0.25, 0.3) is 0 Å². The van der Waals surface area contributed by atoms with E-state index >= 15 is 0 Å². The van der Waals surface area contributed by atoms with E-state index in [4.69, 9.17) is 4.74 Å². The summed E-state index contributed by atoms with van der Waals surface area (Å²) in [5.74, 6) is -0.333. The van der Waals surface area contributed by atoms with Gasteiger partial charge in [-0.15, -0.1) is 0 Å². The van der Waals surface area contributed by atoms with E-state index in [0.29, 0.717) is 24.5 Å². The highest BCUT2D eigenvalue weighted by molar-refractivity contribution is 6.10. The van der Waals surface area contributed by atoms with Crippen molar-refractivity contribution < 1.29 is 14.5 Å². The minimum absolute atomic E-state index is 0.0811. The molecule has 30 heavy (non-hydrogen) atoms. The van der Waals surface area contributed by atoms with Crippen LogP contribution in [0.4, 0.5) is 22.7 Å². The number of ether oxygens (including phenoxy) is 1. The minimum Gasteiger partial charge on any atom is -0.378 e. The molecule has 2 heterocycles. The lowest BCUT2D eigenvalue weighted by Crippen LogP contribution is -2.36. The lowest BCUT2D eigenvalue weighted by Gasteiger charge is -2.31. The number of anilines is 3. The van der Waals surface area contributed by atoms with E-state index in [1.807, 2.05) is 24.3 Å². The Kier molecular flexibility index (Phi) is 6.13. The summed E-state index contributed by atoms with van der Waals surface area (Å²) in [5.41, 5.74) is 2.63. The topological polar surface area (TPSA) is 88.0 Å². The third-order valence-electron chi connectivity index (χ3n) is 5.64. The van der Waals surface area contributed by atoms with Crippen LogP contribution in [0.2, 0.25) is 0 Å². The Morgan fingerprint density at radius 2 is 1.63 bits per heavy atom. The first-order chi connectivity index (χ1) is 14.6. The van der Waals surface area contributed by atoms with Gasteiger partial charge in [-0.3, -0.25) is 14.9 Å². The molecule has 8 nitrogen and oxygen atoms in total. The number of carbonyl (C=O) groups excluding carboxylic acids is 1. The van der Waals surface area contributed by atoms with Crippen LogP contribution in [0, 0.1) is 10.1 Å². The molecule has 2 fully saturated rings. The molecule has 0 atom stereocenters. The summed E-state index contributed by atoms with van der Waals surface area (Å²) < 4.78 is 5.43. The SMILES string of the molecule is O=C(Nc1ccccc1N1CCOCC1)c1cc([N+](=O)[O-])ccc1N1CCCCC1. The van der Waals surface area contributed by atoms with Crippen LogP contribution in [0.15, 0.2) is 42.5 Å². The lowest BCUT2D eigenvalue weighted by molar-refractivity contribution is -0.384. The molecule has 0 aliphatic carbocycles. The summed E-state index contributed by atoms with van der Waals surface area (Å²) in [6.07, 6.45) is 3.27. The van der Waals surface area contributed by atoms with E-state index < -0.39 is 4.92 Å². The normalized spacial score (nSPS) is 16.9. The summed E-state index contributed by atoms with van der Waals surface area (Å²) in [6.45, 7) is 4.49. The first kappa shape index (κ1) is 20.2. The monoisotopic (exact) mass is 410 g/mol. The molecule has 2 saturated heterocycles. The van der Waals surface area contributed by atoms with Crippen LogP contribution < -0.4 is 15.1 Å². The second-order valence-corrected chi connectivity index (χ2v) is 7.58.